The van der Waals surface area contributed by atoms with Crippen molar-refractivity contribution < 1.29 is 4.74 Å². The number of halogens is 1. The zero-order chi connectivity index (χ0) is 9.52. The molecule has 0 aromatic rings. The summed E-state index contributed by atoms with van der Waals surface area (Å²) < 4.78 is 5.34. The molecule has 0 atom stereocenters. The lowest BCUT2D eigenvalue weighted by Gasteiger charge is -2.19. The van der Waals surface area contributed by atoms with Crippen LogP contribution in [-0.4, -0.2) is 43.6 Å². The molecule has 13 heavy (non-hydrogen) atoms. The van der Waals surface area contributed by atoms with Crippen molar-refractivity contribution >= 4 is 11.6 Å². The molecule has 0 N–H and O–H groups in total. The normalized spacial score (nSPS) is 16.8. The van der Waals surface area contributed by atoms with E-state index < -0.39 is 0 Å². The highest BCUT2D eigenvalue weighted by atomic mass is 35.5. The average Bonchev–Trinajstić information content (AvgIpc) is 2.94. The molecule has 0 aromatic carbocycles. The van der Waals surface area contributed by atoms with Gasteiger partial charge in [0.15, 0.2) is 0 Å². The van der Waals surface area contributed by atoms with Crippen LogP contribution in [0.2, 0.25) is 0 Å². The Kier molecular flexibility index (Phi) is 5.76. The van der Waals surface area contributed by atoms with Crippen LogP contribution < -0.4 is 0 Å². The third kappa shape index (κ3) is 5.50. The summed E-state index contributed by atoms with van der Waals surface area (Å²) in [7, 11) is 0. The molecule has 0 spiro atoms. The maximum absolute atomic E-state index is 5.51. The summed E-state index contributed by atoms with van der Waals surface area (Å²) in [5.74, 6) is 1.59. The van der Waals surface area contributed by atoms with Crippen LogP contribution in [0.5, 0.6) is 0 Å². The Labute approximate surface area is 86.2 Å². The molecular formula is C10H20ClNO. The molecule has 0 amide bonds. The highest BCUT2D eigenvalue weighted by molar-refractivity contribution is 6.17. The number of nitrogens with zero attached hydrogens (tertiary/aromatic N) is 1. The summed E-state index contributed by atoms with van der Waals surface area (Å²) >= 11 is 5.51. The number of ether oxygens (including phenoxy) is 1. The Bertz CT molecular complexity index is 128. The summed E-state index contributed by atoms with van der Waals surface area (Å²) in [4.78, 5) is 2.46. The van der Waals surface area contributed by atoms with Crippen LogP contribution in [-0.2, 0) is 4.74 Å². The molecule has 1 rings (SSSR count). The van der Waals surface area contributed by atoms with Gasteiger partial charge in [0.1, 0.15) is 0 Å². The molecule has 3 heteroatoms. The quantitative estimate of drug-likeness (QED) is 0.444. The second-order valence-corrected chi connectivity index (χ2v) is 4.02. The molecule has 0 heterocycles. The third-order valence-corrected chi connectivity index (χ3v) is 2.59. The van der Waals surface area contributed by atoms with Gasteiger partial charge in [-0.2, -0.15) is 0 Å². The summed E-state index contributed by atoms with van der Waals surface area (Å²) in [6, 6.07) is 0. The molecule has 0 radical (unpaired) electrons. The van der Waals surface area contributed by atoms with Crippen LogP contribution in [0, 0.1) is 5.92 Å². The van der Waals surface area contributed by atoms with Crippen molar-refractivity contribution in [1.29, 1.82) is 0 Å². The second-order valence-electron chi connectivity index (χ2n) is 3.64. The van der Waals surface area contributed by atoms with Gasteiger partial charge in [-0.1, -0.05) is 6.92 Å². The maximum Gasteiger partial charge on any atom is 0.0602 e. The summed E-state index contributed by atoms with van der Waals surface area (Å²) in [5, 5.41) is 0. The lowest BCUT2D eigenvalue weighted by molar-refractivity contribution is 0.115. The highest BCUT2D eigenvalue weighted by Gasteiger charge is 2.23. The van der Waals surface area contributed by atoms with E-state index in [2.05, 4.69) is 11.8 Å². The molecule has 0 aromatic heterocycles. The minimum absolute atomic E-state index is 0.606. The molecule has 1 aliphatic rings. The minimum Gasteiger partial charge on any atom is -0.379 e. The molecule has 1 fully saturated rings. The van der Waals surface area contributed by atoms with Crippen molar-refractivity contribution in [3.63, 3.8) is 0 Å². The van der Waals surface area contributed by atoms with Gasteiger partial charge in [-0.3, -0.25) is 0 Å². The Hall–Kier alpha value is 0.210. The molecule has 78 valence electrons. The van der Waals surface area contributed by atoms with E-state index in [1.54, 1.807) is 0 Å². The van der Waals surface area contributed by atoms with Gasteiger partial charge in [-0.15, -0.1) is 11.6 Å². The Morgan fingerprint density at radius 3 is 2.69 bits per heavy atom. The van der Waals surface area contributed by atoms with E-state index >= 15 is 0 Å². The number of hydrogen-bond acceptors (Lipinski definition) is 2. The van der Waals surface area contributed by atoms with Crippen LogP contribution in [0.4, 0.5) is 0 Å². The first kappa shape index (κ1) is 11.3. The van der Waals surface area contributed by atoms with Crippen LogP contribution in [0.25, 0.3) is 0 Å². The van der Waals surface area contributed by atoms with E-state index in [0.29, 0.717) is 12.5 Å². The molecule has 0 unspecified atom stereocenters. The van der Waals surface area contributed by atoms with Gasteiger partial charge in [0.25, 0.3) is 0 Å². The van der Waals surface area contributed by atoms with E-state index in [-0.39, 0.29) is 0 Å². The molecule has 0 bridgehead atoms. The topological polar surface area (TPSA) is 12.5 Å². The number of alkyl halides is 1. The lowest BCUT2D eigenvalue weighted by atomic mass is 10.3. The van der Waals surface area contributed by atoms with Crippen molar-refractivity contribution in [1.82, 2.24) is 4.90 Å². The fraction of sp³-hybridized carbons (Fsp3) is 1.00. The second kappa shape index (κ2) is 6.63. The van der Waals surface area contributed by atoms with Gasteiger partial charge < -0.3 is 9.64 Å². The molecule has 0 aliphatic heterocycles. The number of likely N-dealkylation sites (N-methyl/N-ethyl adjacent to an activating group) is 1. The smallest absolute Gasteiger partial charge is 0.0602 e. The van der Waals surface area contributed by atoms with E-state index in [4.69, 9.17) is 16.3 Å². The van der Waals surface area contributed by atoms with Gasteiger partial charge in [-0.05, 0) is 25.3 Å². The largest absolute Gasteiger partial charge is 0.379 e. The van der Waals surface area contributed by atoms with Gasteiger partial charge in [-0.25, -0.2) is 0 Å². The maximum atomic E-state index is 5.51. The summed E-state index contributed by atoms with van der Waals surface area (Å²) in [5.41, 5.74) is 0. The zero-order valence-corrected chi connectivity index (χ0v) is 9.22. The first-order valence-corrected chi connectivity index (χ1v) is 5.76. The van der Waals surface area contributed by atoms with E-state index in [1.807, 2.05) is 0 Å². The fourth-order valence-electron chi connectivity index (χ4n) is 1.39. The van der Waals surface area contributed by atoms with Gasteiger partial charge >= 0.3 is 0 Å². The zero-order valence-electron chi connectivity index (χ0n) is 8.47. The van der Waals surface area contributed by atoms with Crippen molar-refractivity contribution in [2.75, 3.05) is 38.7 Å². The monoisotopic (exact) mass is 205 g/mol. The summed E-state index contributed by atoms with van der Waals surface area (Å²) in [6.45, 7) is 7.19. The van der Waals surface area contributed by atoms with Crippen molar-refractivity contribution in [2.24, 2.45) is 5.92 Å². The summed E-state index contributed by atoms with van der Waals surface area (Å²) in [6.07, 6.45) is 2.86. The van der Waals surface area contributed by atoms with Crippen LogP contribution in [0.15, 0.2) is 0 Å². The van der Waals surface area contributed by atoms with E-state index in [1.165, 1.54) is 19.4 Å². The standard InChI is InChI=1S/C10H20ClNO/c1-2-12(9-10-3-4-10)6-8-13-7-5-11/h10H,2-9H2,1H3. The van der Waals surface area contributed by atoms with Crippen LogP contribution >= 0.6 is 11.6 Å². The molecule has 1 saturated carbocycles. The van der Waals surface area contributed by atoms with Crippen molar-refractivity contribution in [2.45, 2.75) is 19.8 Å². The molecule has 1 aliphatic carbocycles. The Morgan fingerprint density at radius 1 is 1.38 bits per heavy atom. The lowest BCUT2D eigenvalue weighted by Crippen LogP contribution is -2.29. The first-order chi connectivity index (χ1) is 6.36. The Balaban J connectivity index is 1.94. The third-order valence-electron chi connectivity index (χ3n) is 2.43. The highest BCUT2D eigenvalue weighted by Crippen LogP contribution is 2.29. The van der Waals surface area contributed by atoms with E-state index in [0.717, 1.165) is 25.6 Å². The van der Waals surface area contributed by atoms with Gasteiger partial charge in [0.2, 0.25) is 0 Å². The predicted octanol–water partition coefficient (Wildman–Crippen LogP) is 1.97. The van der Waals surface area contributed by atoms with E-state index in [9.17, 15) is 0 Å². The predicted molar refractivity (Wildman–Crippen MR) is 56.4 cm³/mol. The average molecular weight is 206 g/mol. The number of hydrogen-bond donors (Lipinski definition) is 0. The molecule has 0 saturated heterocycles. The van der Waals surface area contributed by atoms with Crippen LogP contribution in [0.1, 0.15) is 19.8 Å². The minimum atomic E-state index is 0.606. The fourth-order valence-corrected chi connectivity index (χ4v) is 1.50. The van der Waals surface area contributed by atoms with Crippen molar-refractivity contribution in [3.8, 4) is 0 Å². The first-order valence-electron chi connectivity index (χ1n) is 5.23. The SMILES string of the molecule is CCN(CCOCCCl)CC1CC1. The van der Waals surface area contributed by atoms with Crippen LogP contribution in [0.3, 0.4) is 0 Å². The molecule has 2 nitrogen and oxygen atoms in total. The molecular weight excluding hydrogens is 186 g/mol. The van der Waals surface area contributed by atoms with Gasteiger partial charge in [0, 0.05) is 19.0 Å². The van der Waals surface area contributed by atoms with Gasteiger partial charge in [0.05, 0.1) is 13.2 Å². The van der Waals surface area contributed by atoms with Crippen molar-refractivity contribution in [3.05, 3.63) is 0 Å². The number of rotatable bonds is 8. The Morgan fingerprint density at radius 2 is 2.15 bits per heavy atom.